The van der Waals surface area contributed by atoms with Gasteiger partial charge in [-0.3, -0.25) is 0 Å². The third-order valence-corrected chi connectivity index (χ3v) is 3.30. The monoisotopic (exact) mass is 287 g/mol. The zero-order chi connectivity index (χ0) is 14.3. The standard InChI is InChI=1S/C14H10ClN3O2/c1-8-12(14(19)20)13-16-7-6-11(18(13)17-8)9-2-4-10(15)5-3-9/h2-7H,1H3,(H,19,20). The molecule has 1 aromatic carbocycles. The highest BCUT2D eigenvalue weighted by atomic mass is 35.5. The molecule has 0 aliphatic carbocycles. The fourth-order valence-corrected chi connectivity index (χ4v) is 2.27. The topological polar surface area (TPSA) is 67.5 Å². The minimum absolute atomic E-state index is 0.126. The fourth-order valence-electron chi connectivity index (χ4n) is 2.14. The van der Waals surface area contributed by atoms with Gasteiger partial charge in [-0.05, 0) is 25.1 Å². The van der Waals surface area contributed by atoms with Crippen LogP contribution in [-0.2, 0) is 0 Å². The Balaban J connectivity index is 2.30. The molecule has 0 unspecified atom stereocenters. The first kappa shape index (κ1) is 12.6. The molecule has 1 N–H and O–H groups in total. The number of carboxylic acid groups (broad SMARTS) is 1. The van der Waals surface area contributed by atoms with Gasteiger partial charge < -0.3 is 5.11 Å². The van der Waals surface area contributed by atoms with Crippen LogP contribution >= 0.6 is 11.6 Å². The van der Waals surface area contributed by atoms with Gasteiger partial charge in [0.15, 0.2) is 5.65 Å². The van der Waals surface area contributed by atoms with E-state index in [0.29, 0.717) is 16.4 Å². The predicted molar refractivity (Wildman–Crippen MR) is 75.1 cm³/mol. The lowest BCUT2D eigenvalue weighted by Gasteiger charge is -2.04. The average Bonchev–Trinajstić information content (AvgIpc) is 2.75. The molecule has 0 aliphatic rings. The lowest BCUT2D eigenvalue weighted by molar-refractivity contribution is 0.0698. The van der Waals surface area contributed by atoms with Gasteiger partial charge in [0.2, 0.25) is 0 Å². The number of carbonyl (C=O) groups is 1. The van der Waals surface area contributed by atoms with Crippen LogP contribution in [0.5, 0.6) is 0 Å². The molecular weight excluding hydrogens is 278 g/mol. The SMILES string of the molecule is Cc1nn2c(-c3ccc(Cl)cc3)ccnc2c1C(=O)O. The van der Waals surface area contributed by atoms with Crippen LogP contribution < -0.4 is 0 Å². The lowest BCUT2D eigenvalue weighted by atomic mass is 10.1. The summed E-state index contributed by atoms with van der Waals surface area (Å²) in [5.74, 6) is -1.03. The van der Waals surface area contributed by atoms with E-state index >= 15 is 0 Å². The molecule has 3 rings (SSSR count). The van der Waals surface area contributed by atoms with Crippen LogP contribution in [0.3, 0.4) is 0 Å². The summed E-state index contributed by atoms with van der Waals surface area (Å²) >= 11 is 5.88. The van der Waals surface area contributed by atoms with Gasteiger partial charge in [0.25, 0.3) is 0 Å². The normalized spacial score (nSPS) is 10.9. The number of rotatable bonds is 2. The van der Waals surface area contributed by atoms with Crippen molar-refractivity contribution >= 4 is 23.2 Å². The number of carboxylic acids is 1. The molecule has 0 spiro atoms. The summed E-state index contributed by atoms with van der Waals surface area (Å²) in [5, 5.41) is 14.2. The van der Waals surface area contributed by atoms with Gasteiger partial charge in [-0.2, -0.15) is 5.10 Å². The van der Waals surface area contributed by atoms with Crippen LogP contribution in [0.1, 0.15) is 16.1 Å². The Kier molecular flexibility index (Phi) is 2.91. The van der Waals surface area contributed by atoms with E-state index in [1.54, 1.807) is 35.8 Å². The van der Waals surface area contributed by atoms with Gasteiger partial charge in [-0.25, -0.2) is 14.3 Å². The van der Waals surface area contributed by atoms with E-state index < -0.39 is 5.97 Å². The Morgan fingerprint density at radius 1 is 1.25 bits per heavy atom. The van der Waals surface area contributed by atoms with Gasteiger partial charge in [0, 0.05) is 16.8 Å². The largest absolute Gasteiger partial charge is 0.477 e. The Bertz CT molecular complexity index is 809. The maximum absolute atomic E-state index is 11.3. The van der Waals surface area contributed by atoms with Crippen molar-refractivity contribution in [3.8, 4) is 11.3 Å². The first-order chi connectivity index (χ1) is 9.58. The highest BCUT2D eigenvalue weighted by Crippen LogP contribution is 2.24. The smallest absolute Gasteiger partial charge is 0.341 e. The number of nitrogens with zero attached hydrogens (tertiary/aromatic N) is 3. The highest BCUT2D eigenvalue weighted by Gasteiger charge is 2.19. The minimum atomic E-state index is -1.03. The second-order valence-electron chi connectivity index (χ2n) is 4.34. The molecule has 2 aromatic heterocycles. The van der Waals surface area contributed by atoms with Crippen molar-refractivity contribution in [1.82, 2.24) is 14.6 Å². The number of hydrogen-bond acceptors (Lipinski definition) is 3. The Hall–Kier alpha value is -2.40. The van der Waals surface area contributed by atoms with E-state index in [0.717, 1.165) is 11.3 Å². The Morgan fingerprint density at radius 2 is 1.95 bits per heavy atom. The van der Waals surface area contributed by atoms with Crippen LogP contribution in [0.2, 0.25) is 5.02 Å². The Labute approximate surface area is 119 Å². The minimum Gasteiger partial charge on any atom is -0.477 e. The number of hydrogen-bond donors (Lipinski definition) is 1. The number of benzene rings is 1. The second kappa shape index (κ2) is 4.61. The first-order valence-electron chi connectivity index (χ1n) is 5.91. The zero-order valence-corrected chi connectivity index (χ0v) is 11.3. The summed E-state index contributed by atoms with van der Waals surface area (Å²) in [7, 11) is 0. The highest BCUT2D eigenvalue weighted by molar-refractivity contribution is 6.30. The summed E-state index contributed by atoms with van der Waals surface area (Å²) in [5.41, 5.74) is 2.55. The molecule has 5 nitrogen and oxygen atoms in total. The summed E-state index contributed by atoms with van der Waals surface area (Å²) in [4.78, 5) is 15.4. The van der Waals surface area contributed by atoms with Crippen molar-refractivity contribution in [2.45, 2.75) is 6.92 Å². The quantitative estimate of drug-likeness (QED) is 0.786. The summed E-state index contributed by atoms with van der Waals surface area (Å²) in [6, 6.07) is 9.05. The van der Waals surface area contributed by atoms with Crippen molar-refractivity contribution in [2.75, 3.05) is 0 Å². The molecule has 6 heteroatoms. The number of aromatic nitrogens is 3. The molecule has 0 fully saturated rings. The van der Waals surface area contributed by atoms with Crippen LogP contribution in [0.25, 0.3) is 16.9 Å². The van der Waals surface area contributed by atoms with Gasteiger partial charge >= 0.3 is 5.97 Å². The Morgan fingerprint density at radius 3 is 2.60 bits per heavy atom. The van der Waals surface area contributed by atoms with E-state index in [-0.39, 0.29) is 5.56 Å². The molecule has 0 radical (unpaired) electrons. The average molecular weight is 288 g/mol. The van der Waals surface area contributed by atoms with Crippen LogP contribution in [0.15, 0.2) is 36.5 Å². The second-order valence-corrected chi connectivity index (χ2v) is 4.77. The molecule has 0 aliphatic heterocycles. The molecule has 0 bridgehead atoms. The summed E-state index contributed by atoms with van der Waals surface area (Å²) < 4.78 is 1.54. The van der Waals surface area contributed by atoms with Gasteiger partial charge in [0.05, 0.1) is 11.4 Å². The van der Waals surface area contributed by atoms with Crippen molar-refractivity contribution in [3.05, 3.63) is 52.8 Å². The van der Waals surface area contributed by atoms with Crippen LogP contribution in [0, 0.1) is 6.92 Å². The molecule has 2 heterocycles. The van der Waals surface area contributed by atoms with E-state index in [2.05, 4.69) is 10.1 Å². The molecule has 100 valence electrons. The summed E-state index contributed by atoms with van der Waals surface area (Å²) in [6.45, 7) is 1.66. The van der Waals surface area contributed by atoms with E-state index in [4.69, 9.17) is 11.6 Å². The third-order valence-electron chi connectivity index (χ3n) is 3.05. The van der Waals surface area contributed by atoms with Crippen LogP contribution in [0.4, 0.5) is 0 Å². The number of fused-ring (bicyclic) bond motifs is 1. The number of aromatic carboxylic acids is 1. The molecule has 0 atom stereocenters. The molecule has 0 saturated carbocycles. The number of aryl methyl sites for hydroxylation is 1. The molecule has 0 amide bonds. The maximum atomic E-state index is 11.3. The van der Waals surface area contributed by atoms with Crippen molar-refractivity contribution in [2.24, 2.45) is 0 Å². The third kappa shape index (κ3) is 1.92. The van der Waals surface area contributed by atoms with E-state index in [1.165, 1.54) is 0 Å². The molecular formula is C14H10ClN3O2. The molecule has 20 heavy (non-hydrogen) atoms. The summed E-state index contributed by atoms with van der Waals surface area (Å²) in [6.07, 6.45) is 1.58. The van der Waals surface area contributed by atoms with Gasteiger partial charge in [-0.1, -0.05) is 23.7 Å². The van der Waals surface area contributed by atoms with E-state index in [9.17, 15) is 9.90 Å². The molecule has 3 aromatic rings. The first-order valence-corrected chi connectivity index (χ1v) is 6.29. The van der Waals surface area contributed by atoms with Crippen molar-refractivity contribution in [3.63, 3.8) is 0 Å². The van der Waals surface area contributed by atoms with Crippen LogP contribution in [-0.4, -0.2) is 25.7 Å². The number of halogens is 1. The maximum Gasteiger partial charge on any atom is 0.341 e. The van der Waals surface area contributed by atoms with E-state index in [1.807, 2.05) is 12.1 Å². The van der Waals surface area contributed by atoms with Crippen molar-refractivity contribution in [1.29, 1.82) is 0 Å². The van der Waals surface area contributed by atoms with Gasteiger partial charge in [-0.15, -0.1) is 0 Å². The fraction of sp³-hybridized carbons (Fsp3) is 0.0714. The zero-order valence-electron chi connectivity index (χ0n) is 10.5. The predicted octanol–water partition coefficient (Wildman–Crippen LogP) is 3.06. The van der Waals surface area contributed by atoms with Crippen molar-refractivity contribution < 1.29 is 9.90 Å². The van der Waals surface area contributed by atoms with Gasteiger partial charge in [0.1, 0.15) is 5.56 Å². The lowest BCUT2D eigenvalue weighted by Crippen LogP contribution is -2.00. The molecule has 0 saturated heterocycles.